The molecule has 3 N–H and O–H groups in total. The van der Waals surface area contributed by atoms with Crippen molar-refractivity contribution in [3.63, 3.8) is 0 Å². The third kappa shape index (κ3) is 3.04. The highest BCUT2D eigenvalue weighted by atomic mass is 32.2. The molecule has 7 nitrogen and oxygen atoms in total. The number of H-pyrrole nitrogens is 1. The lowest BCUT2D eigenvalue weighted by Crippen LogP contribution is -2.43. The Labute approximate surface area is 98.3 Å². The molecule has 1 aromatic heterocycles. The molecule has 1 aliphatic rings. The summed E-state index contributed by atoms with van der Waals surface area (Å²) < 4.78 is 25.5. The van der Waals surface area contributed by atoms with Gasteiger partial charge >= 0.3 is 5.97 Å². The van der Waals surface area contributed by atoms with E-state index in [2.05, 4.69) is 14.7 Å². The van der Waals surface area contributed by atoms with Gasteiger partial charge in [0.1, 0.15) is 6.04 Å². The van der Waals surface area contributed by atoms with Gasteiger partial charge in [0.05, 0.1) is 11.6 Å². The van der Waals surface area contributed by atoms with Crippen molar-refractivity contribution in [1.82, 2.24) is 14.7 Å². The second-order valence-corrected chi connectivity index (χ2v) is 6.03. The third-order valence-corrected chi connectivity index (χ3v) is 4.51. The normalized spacial score (nSPS) is 17.9. The number of nitrogens with one attached hydrogen (secondary N) is 2. The van der Waals surface area contributed by atoms with Gasteiger partial charge in [-0.2, -0.15) is 0 Å². The van der Waals surface area contributed by atoms with Crippen LogP contribution in [0, 0.1) is 0 Å². The molecule has 8 heteroatoms. The van der Waals surface area contributed by atoms with Crippen molar-refractivity contribution in [1.29, 1.82) is 0 Å². The summed E-state index contributed by atoms with van der Waals surface area (Å²) in [5, 5.41) is 8.55. The van der Waals surface area contributed by atoms with E-state index >= 15 is 0 Å². The number of rotatable bonds is 6. The van der Waals surface area contributed by atoms with Gasteiger partial charge < -0.3 is 10.1 Å². The molecule has 0 unspecified atom stereocenters. The molecule has 1 aliphatic carbocycles. The molecule has 0 radical (unpaired) electrons. The first-order valence-corrected chi connectivity index (χ1v) is 6.75. The first-order chi connectivity index (χ1) is 7.99. The summed E-state index contributed by atoms with van der Waals surface area (Å²) in [5.74, 6) is -1.19. The molecule has 0 amide bonds. The number of carboxylic acid groups (broad SMARTS) is 1. The van der Waals surface area contributed by atoms with Crippen molar-refractivity contribution < 1.29 is 18.3 Å². The minimum atomic E-state index is -3.50. The molecule has 1 aromatic rings. The summed E-state index contributed by atoms with van der Waals surface area (Å²) in [7, 11) is -3.50. The number of imidazole rings is 1. The second-order valence-electron chi connectivity index (χ2n) is 4.03. The van der Waals surface area contributed by atoms with E-state index in [0.29, 0.717) is 18.5 Å². The van der Waals surface area contributed by atoms with E-state index in [1.54, 1.807) is 0 Å². The van der Waals surface area contributed by atoms with Gasteiger partial charge in [-0.15, -0.1) is 0 Å². The molecule has 1 saturated carbocycles. The summed E-state index contributed by atoms with van der Waals surface area (Å²) in [6.07, 6.45) is 4.16. The molecule has 0 bridgehead atoms. The summed E-state index contributed by atoms with van der Waals surface area (Å²) in [4.78, 5) is 17.5. The summed E-state index contributed by atoms with van der Waals surface area (Å²) in [6, 6.07) is -1.15. The Hall–Kier alpha value is -1.41. The lowest BCUT2D eigenvalue weighted by Gasteiger charge is -2.13. The first-order valence-electron chi connectivity index (χ1n) is 5.20. The number of nitrogens with zero attached hydrogens (tertiary/aromatic N) is 1. The van der Waals surface area contributed by atoms with E-state index in [1.807, 2.05) is 0 Å². The van der Waals surface area contributed by atoms with Crippen LogP contribution in [0.25, 0.3) is 0 Å². The zero-order chi connectivity index (χ0) is 12.5. The molecule has 94 valence electrons. The summed E-state index contributed by atoms with van der Waals surface area (Å²) in [6.45, 7) is 0. The van der Waals surface area contributed by atoms with Crippen LogP contribution in [0.5, 0.6) is 0 Å². The third-order valence-electron chi connectivity index (χ3n) is 2.55. The van der Waals surface area contributed by atoms with Gasteiger partial charge in [0.25, 0.3) is 0 Å². The molecule has 0 aromatic carbocycles. The highest BCUT2D eigenvalue weighted by Gasteiger charge is 2.38. The van der Waals surface area contributed by atoms with Gasteiger partial charge in [0.15, 0.2) is 0 Å². The monoisotopic (exact) mass is 259 g/mol. The van der Waals surface area contributed by atoms with Gasteiger partial charge in [-0.25, -0.2) is 18.1 Å². The maximum atomic E-state index is 11.6. The van der Waals surface area contributed by atoms with Crippen LogP contribution in [0.2, 0.25) is 0 Å². The van der Waals surface area contributed by atoms with Crippen LogP contribution in [0.4, 0.5) is 0 Å². The fourth-order valence-electron chi connectivity index (χ4n) is 1.47. The standard InChI is InChI=1S/C9H13N3O4S/c13-9(14)8(3-6-4-10-5-11-6)12-17(15,16)7-1-2-7/h4-5,7-8,12H,1-3H2,(H,10,11)(H,13,14)/t8-/m0/s1. The van der Waals surface area contributed by atoms with Gasteiger partial charge in [0, 0.05) is 18.3 Å². The van der Waals surface area contributed by atoms with E-state index < -0.39 is 27.3 Å². The lowest BCUT2D eigenvalue weighted by atomic mass is 10.2. The lowest BCUT2D eigenvalue weighted by molar-refractivity contribution is -0.138. The zero-order valence-electron chi connectivity index (χ0n) is 8.96. The van der Waals surface area contributed by atoms with E-state index in [1.165, 1.54) is 12.5 Å². The zero-order valence-corrected chi connectivity index (χ0v) is 9.77. The molecule has 0 saturated heterocycles. The fourth-order valence-corrected chi connectivity index (χ4v) is 3.00. The van der Waals surface area contributed by atoms with Crippen LogP contribution in [0.1, 0.15) is 18.5 Å². The number of aliphatic carboxylic acids is 1. The molecule has 0 aliphatic heterocycles. The predicted octanol–water partition coefficient (Wildman–Crippen LogP) is -0.513. The Bertz CT molecular complexity index is 492. The molecule has 1 atom stereocenters. The molecule has 2 rings (SSSR count). The Kier molecular flexibility index (Phi) is 3.16. The molecular weight excluding hydrogens is 246 g/mol. The van der Waals surface area contributed by atoms with Crippen molar-refractivity contribution in [3.8, 4) is 0 Å². The summed E-state index contributed by atoms with van der Waals surface area (Å²) in [5.41, 5.74) is 0.580. The number of carboxylic acids is 1. The van der Waals surface area contributed by atoms with Gasteiger partial charge in [0.2, 0.25) is 10.0 Å². The van der Waals surface area contributed by atoms with Crippen LogP contribution in [-0.4, -0.2) is 40.8 Å². The van der Waals surface area contributed by atoms with Crippen molar-refractivity contribution in [2.24, 2.45) is 0 Å². The molecule has 1 heterocycles. The quantitative estimate of drug-likeness (QED) is 0.636. The van der Waals surface area contributed by atoms with Crippen LogP contribution >= 0.6 is 0 Å². The number of sulfonamides is 1. The van der Waals surface area contributed by atoms with Gasteiger partial charge in [-0.1, -0.05) is 0 Å². The minimum absolute atomic E-state index is 0.0568. The Balaban J connectivity index is 2.05. The number of aromatic amines is 1. The van der Waals surface area contributed by atoms with E-state index in [-0.39, 0.29) is 6.42 Å². The van der Waals surface area contributed by atoms with Crippen molar-refractivity contribution in [2.75, 3.05) is 0 Å². The van der Waals surface area contributed by atoms with E-state index in [4.69, 9.17) is 5.11 Å². The van der Waals surface area contributed by atoms with Crippen molar-refractivity contribution in [3.05, 3.63) is 18.2 Å². The van der Waals surface area contributed by atoms with Gasteiger partial charge in [-0.05, 0) is 12.8 Å². The topological polar surface area (TPSA) is 112 Å². The highest BCUT2D eigenvalue weighted by Crippen LogP contribution is 2.27. The van der Waals surface area contributed by atoms with Crippen LogP contribution < -0.4 is 4.72 Å². The predicted molar refractivity (Wildman–Crippen MR) is 58.8 cm³/mol. The average Bonchev–Trinajstić information content (AvgIpc) is 2.98. The van der Waals surface area contributed by atoms with Gasteiger partial charge in [-0.3, -0.25) is 4.79 Å². The second kappa shape index (κ2) is 4.46. The van der Waals surface area contributed by atoms with Crippen molar-refractivity contribution >= 4 is 16.0 Å². The number of carbonyl (C=O) groups is 1. The molecule has 1 fully saturated rings. The smallest absolute Gasteiger partial charge is 0.322 e. The number of hydrogen-bond donors (Lipinski definition) is 3. The maximum Gasteiger partial charge on any atom is 0.322 e. The SMILES string of the molecule is O=C(O)[C@H](Cc1cnc[nH]1)NS(=O)(=O)C1CC1. The van der Waals surface area contributed by atoms with E-state index in [0.717, 1.165) is 0 Å². The first kappa shape index (κ1) is 12.1. The van der Waals surface area contributed by atoms with Crippen LogP contribution in [0.15, 0.2) is 12.5 Å². The Morgan fingerprint density at radius 1 is 1.65 bits per heavy atom. The molecule has 0 spiro atoms. The fraction of sp³-hybridized carbons (Fsp3) is 0.556. The van der Waals surface area contributed by atoms with E-state index in [9.17, 15) is 13.2 Å². The van der Waals surface area contributed by atoms with Crippen LogP contribution in [0.3, 0.4) is 0 Å². The Morgan fingerprint density at radius 2 is 2.35 bits per heavy atom. The number of aromatic nitrogens is 2. The molecular formula is C9H13N3O4S. The molecule has 17 heavy (non-hydrogen) atoms. The largest absolute Gasteiger partial charge is 0.480 e. The summed E-state index contributed by atoms with van der Waals surface area (Å²) >= 11 is 0. The highest BCUT2D eigenvalue weighted by molar-refractivity contribution is 7.90. The van der Waals surface area contributed by atoms with Crippen LogP contribution in [-0.2, 0) is 21.2 Å². The maximum absolute atomic E-state index is 11.6. The minimum Gasteiger partial charge on any atom is -0.480 e. The van der Waals surface area contributed by atoms with Crippen molar-refractivity contribution in [2.45, 2.75) is 30.6 Å². The number of hydrogen-bond acceptors (Lipinski definition) is 4. The average molecular weight is 259 g/mol. The Morgan fingerprint density at radius 3 is 2.82 bits per heavy atom.